The first-order valence-corrected chi connectivity index (χ1v) is 14.5. The van der Waals surface area contributed by atoms with Crippen molar-refractivity contribution in [2.24, 2.45) is 0 Å². The highest BCUT2D eigenvalue weighted by molar-refractivity contribution is 7.23. The Morgan fingerprint density at radius 1 is 0.950 bits per heavy atom. The molecule has 0 aliphatic carbocycles. The molecule has 40 heavy (non-hydrogen) atoms. The van der Waals surface area contributed by atoms with Gasteiger partial charge in [-0.1, -0.05) is 42.5 Å². The van der Waals surface area contributed by atoms with Crippen LogP contribution < -0.4 is 19.5 Å². The molecular weight excluding hydrogens is 540 g/mol. The van der Waals surface area contributed by atoms with Crippen LogP contribution in [0.15, 0.2) is 78.9 Å². The number of rotatable bonds is 6. The van der Waals surface area contributed by atoms with Crippen LogP contribution in [0.25, 0.3) is 31.6 Å². The minimum atomic E-state index is -0.221. The number of benzene rings is 4. The molecule has 198 valence electrons. The third-order valence-electron chi connectivity index (χ3n) is 7.09. The van der Waals surface area contributed by atoms with Crippen LogP contribution in [0.1, 0.15) is 26.4 Å². The fourth-order valence-corrected chi connectivity index (χ4v) is 7.40. The number of carbonyl (C=O) groups is 1. The predicted octanol–water partition coefficient (Wildman–Crippen LogP) is 8.07. The second-order valence-electron chi connectivity index (χ2n) is 9.56. The summed E-state index contributed by atoms with van der Waals surface area (Å²) in [7, 11) is 1.59. The second-order valence-corrected chi connectivity index (χ2v) is 11.7. The lowest BCUT2D eigenvalue weighted by atomic mass is 10.0. The Labute approximate surface area is 238 Å². The monoisotopic (exact) mass is 564 g/mol. The topological polar surface area (TPSA) is 69.7 Å². The summed E-state index contributed by atoms with van der Waals surface area (Å²) < 4.78 is 17.8. The molecule has 0 unspecified atom stereocenters. The Morgan fingerprint density at radius 3 is 2.55 bits per heavy atom. The Kier molecular flexibility index (Phi) is 6.14. The van der Waals surface area contributed by atoms with E-state index >= 15 is 0 Å². The van der Waals surface area contributed by atoms with Crippen molar-refractivity contribution >= 4 is 54.6 Å². The summed E-state index contributed by atoms with van der Waals surface area (Å²) in [5.41, 5.74) is 4.59. The standard InChI is InChI=1S/C32H24N2O4S2/c1-18-28(14-19-11-12-24-26(13-19)38-17-37-24)40-32(29(18)31-33-23-9-5-6-10-27(23)39-31)34-30(35)22-15-20-7-3-4-8-21(20)16-25(22)36-2/h3-13,15-16H,14,17H2,1-2H3,(H,34,35). The van der Waals surface area contributed by atoms with Crippen molar-refractivity contribution in [3.63, 3.8) is 0 Å². The number of amides is 1. The van der Waals surface area contributed by atoms with Gasteiger partial charge in [0.25, 0.3) is 5.91 Å². The van der Waals surface area contributed by atoms with E-state index in [2.05, 4.69) is 24.4 Å². The van der Waals surface area contributed by atoms with Crippen LogP contribution >= 0.6 is 22.7 Å². The van der Waals surface area contributed by atoms with Gasteiger partial charge < -0.3 is 19.5 Å². The van der Waals surface area contributed by atoms with E-state index in [1.165, 1.54) is 0 Å². The zero-order chi connectivity index (χ0) is 27.2. The van der Waals surface area contributed by atoms with Crippen LogP contribution in [0.5, 0.6) is 17.2 Å². The summed E-state index contributed by atoms with van der Waals surface area (Å²) in [6.45, 7) is 2.35. The largest absolute Gasteiger partial charge is 0.496 e. The van der Waals surface area contributed by atoms with Crippen LogP contribution in [-0.4, -0.2) is 24.8 Å². The summed E-state index contributed by atoms with van der Waals surface area (Å²) in [6, 6.07) is 25.9. The summed E-state index contributed by atoms with van der Waals surface area (Å²) >= 11 is 3.21. The molecule has 0 bridgehead atoms. The van der Waals surface area contributed by atoms with Crippen LogP contribution in [0, 0.1) is 6.92 Å². The number of thiophene rings is 1. The van der Waals surface area contributed by atoms with E-state index in [1.807, 2.05) is 66.7 Å². The number of aromatic nitrogens is 1. The quantitative estimate of drug-likeness (QED) is 0.222. The highest BCUT2D eigenvalue weighted by Crippen LogP contribution is 2.45. The van der Waals surface area contributed by atoms with Crippen molar-refractivity contribution in [1.29, 1.82) is 0 Å². The maximum Gasteiger partial charge on any atom is 0.260 e. The smallest absolute Gasteiger partial charge is 0.260 e. The molecule has 8 heteroatoms. The maximum atomic E-state index is 13.8. The molecule has 7 rings (SSSR count). The summed E-state index contributed by atoms with van der Waals surface area (Å²) in [4.78, 5) is 19.9. The van der Waals surface area contributed by atoms with Gasteiger partial charge in [0.2, 0.25) is 6.79 Å². The van der Waals surface area contributed by atoms with Gasteiger partial charge in [0, 0.05) is 16.9 Å². The van der Waals surface area contributed by atoms with Crippen molar-refractivity contribution in [2.45, 2.75) is 13.3 Å². The van der Waals surface area contributed by atoms with Gasteiger partial charge in [-0.05, 0) is 65.2 Å². The van der Waals surface area contributed by atoms with E-state index in [9.17, 15) is 4.79 Å². The number of fused-ring (bicyclic) bond motifs is 3. The summed E-state index contributed by atoms with van der Waals surface area (Å²) in [5, 5.41) is 6.87. The van der Waals surface area contributed by atoms with Crippen molar-refractivity contribution in [3.05, 3.63) is 100 Å². The van der Waals surface area contributed by atoms with Crippen molar-refractivity contribution in [2.75, 3.05) is 19.2 Å². The summed E-state index contributed by atoms with van der Waals surface area (Å²) in [6.07, 6.45) is 0.695. The van der Waals surface area contributed by atoms with Gasteiger partial charge in [0.05, 0.1) is 22.9 Å². The van der Waals surface area contributed by atoms with E-state index in [0.717, 1.165) is 64.1 Å². The first-order chi connectivity index (χ1) is 19.6. The highest BCUT2D eigenvalue weighted by atomic mass is 32.1. The fourth-order valence-electron chi connectivity index (χ4n) is 5.03. The number of nitrogens with one attached hydrogen (secondary N) is 1. The molecule has 0 atom stereocenters. The van der Waals surface area contributed by atoms with Gasteiger partial charge in [-0.3, -0.25) is 4.79 Å². The number of anilines is 1. The molecule has 2 aromatic heterocycles. The molecule has 6 nitrogen and oxygen atoms in total. The Hall–Kier alpha value is -4.40. The van der Waals surface area contributed by atoms with Gasteiger partial charge in [0.15, 0.2) is 11.5 Å². The molecule has 4 aromatic carbocycles. The number of nitrogens with zero attached hydrogens (tertiary/aromatic N) is 1. The first-order valence-electron chi connectivity index (χ1n) is 12.8. The van der Waals surface area contributed by atoms with Crippen LogP contribution in [0.3, 0.4) is 0 Å². The Morgan fingerprint density at radius 2 is 1.73 bits per heavy atom. The van der Waals surface area contributed by atoms with E-state index in [4.69, 9.17) is 19.2 Å². The molecule has 0 saturated heterocycles. The number of para-hydroxylation sites is 1. The van der Waals surface area contributed by atoms with E-state index in [-0.39, 0.29) is 12.7 Å². The lowest BCUT2D eigenvalue weighted by Crippen LogP contribution is -2.13. The van der Waals surface area contributed by atoms with E-state index in [1.54, 1.807) is 29.8 Å². The summed E-state index contributed by atoms with van der Waals surface area (Å²) in [5.74, 6) is 1.83. The third kappa shape index (κ3) is 4.35. The van der Waals surface area contributed by atoms with Crippen molar-refractivity contribution < 1.29 is 19.0 Å². The average Bonchev–Trinajstić information content (AvgIpc) is 3.69. The minimum Gasteiger partial charge on any atom is -0.496 e. The molecule has 1 aliphatic rings. The number of thiazole rings is 1. The zero-order valence-electron chi connectivity index (χ0n) is 21.8. The molecule has 0 fully saturated rings. The Balaban J connectivity index is 1.30. The van der Waals surface area contributed by atoms with Crippen LogP contribution in [0.2, 0.25) is 0 Å². The first kappa shape index (κ1) is 24.6. The molecular formula is C32H24N2O4S2. The van der Waals surface area contributed by atoms with Gasteiger partial charge in [-0.25, -0.2) is 4.98 Å². The van der Waals surface area contributed by atoms with Gasteiger partial charge in [-0.15, -0.1) is 22.7 Å². The Bertz CT molecular complexity index is 1890. The molecule has 6 aromatic rings. The molecule has 1 amide bonds. The number of hydrogen-bond acceptors (Lipinski definition) is 7. The predicted molar refractivity (Wildman–Crippen MR) is 161 cm³/mol. The minimum absolute atomic E-state index is 0.221. The van der Waals surface area contributed by atoms with Gasteiger partial charge in [-0.2, -0.15) is 0 Å². The van der Waals surface area contributed by atoms with Gasteiger partial charge in [0.1, 0.15) is 15.8 Å². The van der Waals surface area contributed by atoms with Crippen molar-refractivity contribution in [1.82, 2.24) is 4.98 Å². The third-order valence-corrected chi connectivity index (χ3v) is 9.36. The van der Waals surface area contributed by atoms with Crippen LogP contribution in [0.4, 0.5) is 5.00 Å². The second kappa shape index (κ2) is 9.97. The van der Waals surface area contributed by atoms with Gasteiger partial charge >= 0.3 is 0 Å². The lowest BCUT2D eigenvalue weighted by molar-refractivity contribution is 0.102. The number of methoxy groups -OCH3 is 1. The normalized spacial score (nSPS) is 12.2. The van der Waals surface area contributed by atoms with E-state index in [0.29, 0.717) is 17.7 Å². The SMILES string of the molecule is COc1cc2ccccc2cc1C(=O)Nc1sc(Cc2ccc3c(c2)OCO3)c(C)c1-c1nc2ccccc2s1. The molecule has 0 saturated carbocycles. The lowest BCUT2D eigenvalue weighted by Gasteiger charge is -2.11. The maximum absolute atomic E-state index is 13.8. The molecule has 0 radical (unpaired) electrons. The number of carbonyl (C=O) groups excluding carboxylic acids is 1. The van der Waals surface area contributed by atoms with Crippen LogP contribution in [-0.2, 0) is 6.42 Å². The average molecular weight is 565 g/mol. The molecule has 1 N–H and O–H groups in total. The number of ether oxygens (including phenoxy) is 3. The zero-order valence-corrected chi connectivity index (χ0v) is 23.4. The molecule has 1 aliphatic heterocycles. The fraction of sp³-hybridized carbons (Fsp3) is 0.125. The van der Waals surface area contributed by atoms with E-state index < -0.39 is 0 Å². The highest BCUT2D eigenvalue weighted by Gasteiger charge is 2.24. The van der Waals surface area contributed by atoms with Crippen molar-refractivity contribution in [3.8, 4) is 27.8 Å². The number of hydrogen-bond donors (Lipinski definition) is 1. The molecule has 0 spiro atoms. The molecule has 3 heterocycles.